The van der Waals surface area contributed by atoms with E-state index >= 15 is 0 Å². The molecule has 0 spiro atoms. The Balaban J connectivity index is 1.31. The molecule has 0 radical (unpaired) electrons. The van der Waals surface area contributed by atoms with Gasteiger partial charge in [0.1, 0.15) is 5.82 Å². The van der Waals surface area contributed by atoms with E-state index in [9.17, 15) is 18.3 Å². The summed E-state index contributed by atoms with van der Waals surface area (Å²) in [6, 6.07) is 8.84. The van der Waals surface area contributed by atoms with E-state index in [4.69, 9.17) is 4.74 Å². The van der Waals surface area contributed by atoms with Gasteiger partial charge in [-0.15, -0.1) is 0 Å². The van der Waals surface area contributed by atoms with Crippen LogP contribution in [0.5, 0.6) is 0 Å². The van der Waals surface area contributed by atoms with Crippen molar-refractivity contribution < 1.29 is 23.0 Å². The first-order valence-corrected chi connectivity index (χ1v) is 12.7. The van der Waals surface area contributed by atoms with Crippen molar-refractivity contribution in [2.75, 3.05) is 6.61 Å². The molecule has 34 heavy (non-hydrogen) atoms. The Morgan fingerprint density at radius 2 is 1.76 bits per heavy atom. The molecule has 1 N–H and O–H groups in total. The molecule has 0 bridgehead atoms. The minimum Gasteiger partial charge on any atom is -0.393 e. The van der Waals surface area contributed by atoms with E-state index in [1.807, 2.05) is 25.1 Å². The second-order valence-corrected chi connectivity index (χ2v) is 9.81. The monoisotopic (exact) mass is 472 g/mol. The molecule has 1 atom stereocenters. The van der Waals surface area contributed by atoms with E-state index in [0.29, 0.717) is 55.9 Å². The van der Waals surface area contributed by atoms with Crippen LogP contribution in [0.2, 0.25) is 0 Å². The zero-order valence-electron chi connectivity index (χ0n) is 20.0. The van der Waals surface area contributed by atoms with E-state index in [-0.39, 0.29) is 17.8 Å². The molecule has 1 fully saturated rings. The molecule has 2 aliphatic carbocycles. The number of hydrogen-bond donors (Lipinski definition) is 1. The SMILES string of the molecule is CCOCc1ccc(C2CCC(CCc3ccc(C4=CCC(O)CC4)c(F)c3F)CC2)c(F)c1. The summed E-state index contributed by atoms with van der Waals surface area (Å²) in [4.78, 5) is 0. The van der Waals surface area contributed by atoms with E-state index < -0.39 is 11.6 Å². The Labute approximate surface area is 200 Å². The Hall–Kier alpha value is -2.11. The third-order valence-corrected chi connectivity index (χ3v) is 7.54. The van der Waals surface area contributed by atoms with Gasteiger partial charge in [0.15, 0.2) is 11.6 Å². The van der Waals surface area contributed by atoms with Crippen LogP contribution >= 0.6 is 0 Å². The molecule has 0 aromatic heterocycles. The van der Waals surface area contributed by atoms with Crippen LogP contribution in [0.25, 0.3) is 5.57 Å². The largest absolute Gasteiger partial charge is 0.393 e. The maximum atomic E-state index is 14.8. The van der Waals surface area contributed by atoms with Crippen LogP contribution < -0.4 is 0 Å². The number of benzene rings is 2. The summed E-state index contributed by atoms with van der Waals surface area (Å²) in [6.07, 6.45) is 8.18. The average molecular weight is 473 g/mol. The van der Waals surface area contributed by atoms with Gasteiger partial charge in [0.2, 0.25) is 0 Å². The Morgan fingerprint density at radius 3 is 2.44 bits per heavy atom. The topological polar surface area (TPSA) is 29.5 Å². The number of hydrogen-bond acceptors (Lipinski definition) is 2. The fourth-order valence-corrected chi connectivity index (χ4v) is 5.43. The molecule has 2 aromatic rings. The maximum absolute atomic E-state index is 14.8. The van der Waals surface area contributed by atoms with Crippen LogP contribution in [0.3, 0.4) is 0 Å². The zero-order chi connectivity index (χ0) is 24.1. The number of halogens is 3. The lowest BCUT2D eigenvalue weighted by molar-refractivity contribution is 0.134. The summed E-state index contributed by atoms with van der Waals surface area (Å²) in [5.74, 6) is -1.00. The van der Waals surface area contributed by atoms with Crippen molar-refractivity contribution in [1.29, 1.82) is 0 Å². The number of aliphatic hydroxyl groups excluding tert-OH is 1. The van der Waals surface area contributed by atoms with Gasteiger partial charge in [-0.05, 0) is 105 Å². The molecule has 4 rings (SSSR count). The molecular formula is C29H35F3O2. The van der Waals surface area contributed by atoms with Crippen LogP contribution in [0, 0.1) is 23.4 Å². The maximum Gasteiger partial charge on any atom is 0.166 e. The summed E-state index contributed by atoms with van der Waals surface area (Å²) < 4.78 is 49.6. The molecule has 2 aliphatic rings. The summed E-state index contributed by atoms with van der Waals surface area (Å²) in [5, 5.41) is 9.63. The number of ether oxygens (including phenoxy) is 1. The number of aliphatic hydroxyl groups is 1. The fraction of sp³-hybridized carbons (Fsp3) is 0.517. The highest BCUT2D eigenvalue weighted by molar-refractivity contribution is 5.67. The van der Waals surface area contributed by atoms with Gasteiger partial charge in [0.25, 0.3) is 0 Å². The number of rotatable bonds is 8. The minimum absolute atomic E-state index is 0.152. The third-order valence-electron chi connectivity index (χ3n) is 7.54. The molecule has 2 aromatic carbocycles. The van der Waals surface area contributed by atoms with Crippen molar-refractivity contribution in [3.05, 3.63) is 76.1 Å². The molecule has 5 heteroatoms. The first-order valence-electron chi connectivity index (χ1n) is 12.7. The van der Waals surface area contributed by atoms with Gasteiger partial charge in [-0.1, -0.05) is 30.3 Å². The van der Waals surface area contributed by atoms with Crippen molar-refractivity contribution in [1.82, 2.24) is 0 Å². The predicted octanol–water partition coefficient (Wildman–Crippen LogP) is 7.48. The van der Waals surface area contributed by atoms with Crippen molar-refractivity contribution in [3.8, 4) is 0 Å². The minimum atomic E-state index is -0.771. The van der Waals surface area contributed by atoms with E-state index in [1.54, 1.807) is 18.2 Å². The van der Waals surface area contributed by atoms with Crippen LogP contribution in [-0.2, 0) is 17.8 Å². The fourth-order valence-electron chi connectivity index (χ4n) is 5.43. The van der Waals surface area contributed by atoms with Crippen molar-refractivity contribution in [2.45, 2.75) is 83.3 Å². The second kappa shape index (κ2) is 11.5. The first-order chi connectivity index (χ1) is 16.5. The van der Waals surface area contributed by atoms with E-state index in [0.717, 1.165) is 48.8 Å². The molecule has 1 unspecified atom stereocenters. The molecule has 0 heterocycles. The molecule has 0 aliphatic heterocycles. The third kappa shape index (κ3) is 5.92. The van der Waals surface area contributed by atoms with Crippen molar-refractivity contribution in [3.63, 3.8) is 0 Å². The normalized spacial score (nSPS) is 23.1. The van der Waals surface area contributed by atoms with Crippen LogP contribution in [-0.4, -0.2) is 17.8 Å². The first kappa shape index (κ1) is 25.0. The standard InChI is InChI=1S/C29H35F3O2/c1-2-34-18-20-6-15-25(27(30)17-20)21-7-3-19(4-8-21)5-9-23-12-16-26(29(32)28(23)31)22-10-13-24(33)14-11-22/h6,10,12,15-17,19,21,24,33H,2-5,7-9,11,13-14,18H2,1H3. The van der Waals surface area contributed by atoms with Gasteiger partial charge in [-0.2, -0.15) is 0 Å². The number of aryl methyl sites for hydroxylation is 1. The van der Waals surface area contributed by atoms with E-state index in [1.165, 1.54) is 0 Å². The summed E-state index contributed by atoms with van der Waals surface area (Å²) in [7, 11) is 0. The summed E-state index contributed by atoms with van der Waals surface area (Å²) in [6.45, 7) is 2.96. The smallest absolute Gasteiger partial charge is 0.166 e. The molecular weight excluding hydrogens is 437 g/mol. The Bertz CT molecular complexity index is 1010. The van der Waals surface area contributed by atoms with Gasteiger partial charge in [0.05, 0.1) is 12.7 Å². The van der Waals surface area contributed by atoms with Gasteiger partial charge >= 0.3 is 0 Å². The second-order valence-electron chi connectivity index (χ2n) is 9.81. The predicted molar refractivity (Wildman–Crippen MR) is 129 cm³/mol. The van der Waals surface area contributed by atoms with Crippen molar-refractivity contribution >= 4 is 5.57 Å². The molecule has 0 amide bonds. The van der Waals surface area contributed by atoms with Gasteiger partial charge < -0.3 is 9.84 Å². The molecule has 1 saturated carbocycles. The molecule has 0 saturated heterocycles. The number of allylic oxidation sites excluding steroid dienone is 1. The summed E-state index contributed by atoms with van der Waals surface area (Å²) >= 11 is 0. The quantitative estimate of drug-likeness (QED) is 0.432. The lowest BCUT2D eigenvalue weighted by Gasteiger charge is -2.29. The lowest BCUT2D eigenvalue weighted by Crippen LogP contribution is -2.15. The van der Waals surface area contributed by atoms with Gasteiger partial charge in [0, 0.05) is 12.2 Å². The lowest BCUT2D eigenvalue weighted by atomic mass is 9.76. The Kier molecular flexibility index (Phi) is 8.49. The molecule has 2 nitrogen and oxygen atoms in total. The highest BCUT2D eigenvalue weighted by Gasteiger charge is 2.25. The van der Waals surface area contributed by atoms with Crippen LogP contribution in [0.1, 0.15) is 86.5 Å². The highest BCUT2D eigenvalue weighted by atomic mass is 19.2. The van der Waals surface area contributed by atoms with Crippen LogP contribution in [0.4, 0.5) is 13.2 Å². The van der Waals surface area contributed by atoms with Crippen molar-refractivity contribution in [2.24, 2.45) is 5.92 Å². The Morgan fingerprint density at radius 1 is 0.971 bits per heavy atom. The highest BCUT2D eigenvalue weighted by Crippen LogP contribution is 2.39. The molecule has 184 valence electrons. The van der Waals surface area contributed by atoms with Gasteiger partial charge in [-0.25, -0.2) is 13.2 Å². The van der Waals surface area contributed by atoms with E-state index in [2.05, 4.69) is 0 Å². The van der Waals surface area contributed by atoms with Crippen LogP contribution in [0.15, 0.2) is 36.4 Å². The summed E-state index contributed by atoms with van der Waals surface area (Å²) in [5.41, 5.74) is 3.17. The average Bonchev–Trinajstić information content (AvgIpc) is 2.85. The zero-order valence-corrected chi connectivity index (χ0v) is 20.0. The van der Waals surface area contributed by atoms with Gasteiger partial charge in [-0.3, -0.25) is 0 Å².